The van der Waals surface area contributed by atoms with Gasteiger partial charge in [0.1, 0.15) is 0 Å². The molecule has 2 saturated heterocycles. The number of rotatable bonds is 5. The second kappa shape index (κ2) is 9.88. The quantitative estimate of drug-likeness (QED) is 0.462. The van der Waals surface area contributed by atoms with E-state index in [-0.39, 0.29) is 0 Å². The summed E-state index contributed by atoms with van der Waals surface area (Å²) in [5, 5.41) is 3.49. The van der Waals surface area contributed by atoms with Crippen LogP contribution in [0.2, 0.25) is 0 Å². The van der Waals surface area contributed by atoms with Crippen molar-refractivity contribution in [2.45, 2.75) is 38.4 Å². The van der Waals surface area contributed by atoms with E-state index in [9.17, 15) is 0 Å². The van der Waals surface area contributed by atoms with Crippen LogP contribution in [0, 0.1) is 0 Å². The highest BCUT2D eigenvalue weighted by Gasteiger charge is 2.28. The lowest BCUT2D eigenvalue weighted by molar-refractivity contribution is 0.274. The van der Waals surface area contributed by atoms with Crippen LogP contribution in [0.5, 0.6) is 0 Å². The fraction of sp³-hybridized carbons (Fsp3) is 0.944. The summed E-state index contributed by atoms with van der Waals surface area (Å²) in [6, 6.07) is 0. The molecule has 0 amide bonds. The van der Waals surface area contributed by atoms with Gasteiger partial charge < -0.3 is 20.0 Å². The van der Waals surface area contributed by atoms with Crippen molar-refractivity contribution in [3.8, 4) is 0 Å². The third kappa shape index (κ3) is 6.81. The molecule has 0 aromatic heterocycles. The summed E-state index contributed by atoms with van der Waals surface area (Å²) in [7, 11) is 2.23. The molecular weight excluding hydrogens is 318 g/mol. The van der Waals surface area contributed by atoms with Gasteiger partial charge >= 0.3 is 0 Å². The third-order valence-corrected chi connectivity index (χ3v) is 6.06. The van der Waals surface area contributed by atoms with Gasteiger partial charge in [-0.15, -0.1) is 0 Å². The topological polar surface area (TPSA) is 34.1 Å². The van der Waals surface area contributed by atoms with Crippen LogP contribution in [-0.2, 0) is 0 Å². The summed E-state index contributed by atoms with van der Waals surface area (Å²) in [5.41, 5.74) is 0. The average molecular weight is 356 g/mol. The molecule has 0 unspecified atom stereocenters. The molecule has 2 aliphatic rings. The minimum Gasteiger partial charge on any atom is -0.357 e. The van der Waals surface area contributed by atoms with Crippen LogP contribution in [0.25, 0.3) is 0 Å². The SMILES string of the molecule is CCNC(=NCCCN1CCCN(C)CC1)N1CCSC(C)(C)C1. The highest BCUT2D eigenvalue weighted by atomic mass is 32.2. The third-order valence-electron chi connectivity index (χ3n) is 4.77. The number of hydrogen-bond acceptors (Lipinski definition) is 4. The number of likely N-dealkylation sites (N-methyl/N-ethyl adjacent to an activating group) is 1. The van der Waals surface area contributed by atoms with Crippen LogP contribution >= 0.6 is 11.8 Å². The first-order valence-electron chi connectivity index (χ1n) is 9.58. The Bertz CT molecular complexity index is 399. The van der Waals surface area contributed by atoms with E-state index in [1.54, 1.807) is 0 Å². The maximum Gasteiger partial charge on any atom is 0.193 e. The Kier molecular flexibility index (Phi) is 8.17. The summed E-state index contributed by atoms with van der Waals surface area (Å²) >= 11 is 2.07. The number of nitrogens with zero attached hydrogens (tertiary/aromatic N) is 4. The maximum absolute atomic E-state index is 4.91. The Labute approximate surface area is 153 Å². The molecule has 5 nitrogen and oxygen atoms in total. The van der Waals surface area contributed by atoms with Crippen molar-refractivity contribution in [2.24, 2.45) is 4.99 Å². The minimum atomic E-state index is 0.326. The summed E-state index contributed by atoms with van der Waals surface area (Å²) in [4.78, 5) is 12.4. The van der Waals surface area contributed by atoms with Crippen molar-refractivity contribution in [3.05, 3.63) is 0 Å². The summed E-state index contributed by atoms with van der Waals surface area (Å²) in [6.45, 7) is 17.0. The van der Waals surface area contributed by atoms with Gasteiger partial charge in [0, 0.05) is 49.8 Å². The van der Waals surface area contributed by atoms with Gasteiger partial charge in [-0.25, -0.2) is 0 Å². The van der Waals surface area contributed by atoms with E-state index in [4.69, 9.17) is 4.99 Å². The van der Waals surface area contributed by atoms with Crippen LogP contribution in [0.1, 0.15) is 33.6 Å². The van der Waals surface area contributed by atoms with E-state index in [1.807, 2.05) is 0 Å². The number of nitrogens with one attached hydrogen (secondary N) is 1. The number of hydrogen-bond donors (Lipinski definition) is 1. The van der Waals surface area contributed by atoms with Crippen molar-refractivity contribution in [1.82, 2.24) is 20.0 Å². The largest absolute Gasteiger partial charge is 0.357 e. The smallest absolute Gasteiger partial charge is 0.193 e. The monoisotopic (exact) mass is 355 g/mol. The number of aliphatic imine (C=N–C) groups is 1. The van der Waals surface area contributed by atoms with Gasteiger partial charge in [-0.2, -0.15) is 11.8 Å². The minimum absolute atomic E-state index is 0.326. The van der Waals surface area contributed by atoms with Crippen molar-refractivity contribution < 1.29 is 0 Å². The molecule has 0 saturated carbocycles. The van der Waals surface area contributed by atoms with Crippen LogP contribution < -0.4 is 5.32 Å². The summed E-state index contributed by atoms with van der Waals surface area (Å²) in [5.74, 6) is 2.31. The first kappa shape index (κ1) is 19.9. The van der Waals surface area contributed by atoms with E-state index in [1.165, 1.54) is 44.9 Å². The van der Waals surface area contributed by atoms with Gasteiger partial charge in [-0.1, -0.05) is 0 Å². The van der Waals surface area contributed by atoms with E-state index >= 15 is 0 Å². The molecule has 0 aromatic carbocycles. The van der Waals surface area contributed by atoms with E-state index < -0.39 is 0 Å². The molecule has 0 aliphatic carbocycles. The molecule has 0 bridgehead atoms. The van der Waals surface area contributed by atoms with E-state index in [0.717, 1.165) is 38.6 Å². The fourth-order valence-electron chi connectivity index (χ4n) is 3.43. The Morgan fingerprint density at radius 2 is 2.00 bits per heavy atom. The molecule has 2 rings (SSSR count). The van der Waals surface area contributed by atoms with Crippen LogP contribution in [0.3, 0.4) is 0 Å². The van der Waals surface area contributed by atoms with Gasteiger partial charge in [0.25, 0.3) is 0 Å². The molecule has 24 heavy (non-hydrogen) atoms. The second-order valence-electron chi connectivity index (χ2n) is 7.62. The lowest BCUT2D eigenvalue weighted by Gasteiger charge is -2.39. The van der Waals surface area contributed by atoms with Gasteiger partial charge in [0.15, 0.2) is 5.96 Å². The molecule has 1 N–H and O–H groups in total. The molecular formula is C18H37N5S. The van der Waals surface area contributed by atoms with Crippen LogP contribution in [0.4, 0.5) is 0 Å². The Morgan fingerprint density at radius 1 is 1.17 bits per heavy atom. The molecule has 0 radical (unpaired) electrons. The molecule has 0 aromatic rings. The second-order valence-corrected chi connectivity index (χ2v) is 9.42. The molecule has 2 heterocycles. The Morgan fingerprint density at radius 3 is 2.75 bits per heavy atom. The maximum atomic E-state index is 4.91. The van der Waals surface area contributed by atoms with Crippen molar-refractivity contribution in [2.75, 3.05) is 71.7 Å². The van der Waals surface area contributed by atoms with E-state index in [0.29, 0.717) is 4.75 Å². The molecule has 140 valence electrons. The highest BCUT2D eigenvalue weighted by molar-refractivity contribution is 8.00. The molecule has 0 atom stereocenters. The normalized spacial score (nSPS) is 24.0. The summed E-state index contributed by atoms with van der Waals surface area (Å²) in [6.07, 6.45) is 2.45. The zero-order valence-corrected chi connectivity index (χ0v) is 17.0. The van der Waals surface area contributed by atoms with Crippen molar-refractivity contribution >= 4 is 17.7 Å². The van der Waals surface area contributed by atoms with Crippen molar-refractivity contribution in [1.29, 1.82) is 0 Å². The summed E-state index contributed by atoms with van der Waals surface area (Å²) < 4.78 is 0.326. The molecule has 2 fully saturated rings. The van der Waals surface area contributed by atoms with Crippen LogP contribution in [0.15, 0.2) is 4.99 Å². The average Bonchev–Trinajstić information content (AvgIpc) is 2.74. The van der Waals surface area contributed by atoms with Crippen LogP contribution in [-0.4, -0.2) is 97.1 Å². The van der Waals surface area contributed by atoms with E-state index in [2.05, 4.69) is 59.6 Å². The van der Waals surface area contributed by atoms with Gasteiger partial charge in [0.2, 0.25) is 0 Å². The molecule has 6 heteroatoms. The van der Waals surface area contributed by atoms with Gasteiger partial charge in [-0.05, 0) is 60.3 Å². The first-order valence-corrected chi connectivity index (χ1v) is 10.6. The predicted molar refractivity (Wildman–Crippen MR) is 107 cm³/mol. The van der Waals surface area contributed by atoms with Gasteiger partial charge in [-0.3, -0.25) is 4.99 Å². The predicted octanol–water partition coefficient (Wildman–Crippen LogP) is 1.81. The lowest BCUT2D eigenvalue weighted by Crippen LogP contribution is -2.51. The Balaban J connectivity index is 1.78. The molecule has 0 spiro atoms. The van der Waals surface area contributed by atoms with Gasteiger partial charge in [0.05, 0.1) is 0 Å². The Hall–Kier alpha value is -0.460. The lowest BCUT2D eigenvalue weighted by atomic mass is 10.2. The zero-order valence-electron chi connectivity index (χ0n) is 16.2. The standard InChI is InChI=1S/C18H37N5S/c1-5-19-17(23-14-15-24-18(2,3)16-23)20-8-6-10-22-11-7-9-21(4)12-13-22/h5-16H2,1-4H3,(H,19,20). The first-order chi connectivity index (χ1) is 11.5. The highest BCUT2D eigenvalue weighted by Crippen LogP contribution is 2.29. The molecule has 2 aliphatic heterocycles. The van der Waals surface area contributed by atoms with Crippen molar-refractivity contribution in [3.63, 3.8) is 0 Å². The number of thioether (sulfide) groups is 1. The zero-order chi connectivity index (χ0) is 17.4. The fourth-order valence-corrected chi connectivity index (χ4v) is 4.54. The number of guanidine groups is 1.